The van der Waals surface area contributed by atoms with Gasteiger partial charge in [0, 0.05) is 15.1 Å². The molecule has 0 radical (unpaired) electrons. The van der Waals surface area contributed by atoms with Crippen molar-refractivity contribution in [2.45, 2.75) is 13.0 Å². The van der Waals surface area contributed by atoms with E-state index in [1.54, 1.807) is 31.4 Å². The van der Waals surface area contributed by atoms with Gasteiger partial charge in [-0.15, -0.1) is 0 Å². The molecule has 1 N–H and O–H groups in total. The molecule has 0 aliphatic carbocycles. The smallest absolute Gasteiger partial charge is 0.142 e. The minimum absolute atomic E-state index is 0.213. The summed E-state index contributed by atoms with van der Waals surface area (Å²) in [6, 6.07) is 10.1. The highest BCUT2D eigenvalue weighted by Crippen LogP contribution is 2.31. The van der Waals surface area contributed by atoms with Gasteiger partial charge in [0.05, 0.1) is 18.8 Å². The SMILES string of the molecule is COc1ccc(Cl)cc1NC(C)c1ccc(Br)cc1F. The second kappa shape index (κ2) is 6.46. The Hall–Kier alpha value is -1.26. The quantitative estimate of drug-likeness (QED) is 0.787. The third-order valence-corrected chi connectivity index (χ3v) is 3.69. The molecular formula is C15H14BrClFNO. The highest BCUT2D eigenvalue weighted by Gasteiger charge is 2.13. The van der Waals surface area contributed by atoms with Crippen molar-refractivity contribution in [3.8, 4) is 5.75 Å². The maximum atomic E-state index is 13.9. The number of rotatable bonds is 4. The average Bonchev–Trinajstić information content (AvgIpc) is 2.38. The summed E-state index contributed by atoms with van der Waals surface area (Å²) in [5.74, 6) is 0.402. The molecule has 0 spiro atoms. The van der Waals surface area contributed by atoms with Gasteiger partial charge in [0.25, 0.3) is 0 Å². The standard InChI is InChI=1S/C15H14BrClFNO/c1-9(12-5-3-10(16)7-13(12)18)19-14-8-11(17)4-6-15(14)20-2/h3-9,19H,1-2H3. The van der Waals surface area contributed by atoms with Crippen LogP contribution in [0, 0.1) is 5.82 Å². The van der Waals surface area contributed by atoms with E-state index in [2.05, 4.69) is 21.2 Å². The lowest BCUT2D eigenvalue weighted by Crippen LogP contribution is -2.09. The number of methoxy groups -OCH3 is 1. The van der Waals surface area contributed by atoms with E-state index in [0.29, 0.717) is 20.8 Å². The van der Waals surface area contributed by atoms with Crippen molar-refractivity contribution in [1.82, 2.24) is 0 Å². The van der Waals surface area contributed by atoms with E-state index in [9.17, 15) is 4.39 Å². The predicted molar refractivity (Wildman–Crippen MR) is 84.1 cm³/mol. The van der Waals surface area contributed by atoms with Gasteiger partial charge in [0.1, 0.15) is 11.6 Å². The fourth-order valence-corrected chi connectivity index (χ4v) is 2.46. The van der Waals surface area contributed by atoms with Crippen molar-refractivity contribution in [2.75, 3.05) is 12.4 Å². The molecule has 1 atom stereocenters. The van der Waals surface area contributed by atoms with Crippen LogP contribution >= 0.6 is 27.5 Å². The molecule has 106 valence electrons. The van der Waals surface area contributed by atoms with Crippen LogP contribution in [0.2, 0.25) is 5.02 Å². The molecule has 0 aromatic heterocycles. The third kappa shape index (κ3) is 3.44. The van der Waals surface area contributed by atoms with Crippen LogP contribution < -0.4 is 10.1 Å². The van der Waals surface area contributed by atoms with Gasteiger partial charge in [0.15, 0.2) is 0 Å². The van der Waals surface area contributed by atoms with E-state index < -0.39 is 0 Å². The molecule has 2 rings (SSSR count). The number of nitrogens with one attached hydrogen (secondary N) is 1. The Morgan fingerprint density at radius 3 is 2.65 bits per heavy atom. The zero-order valence-corrected chi connectivity index (χ0v) is 13.4. The first-order valence-electron chi connectivity index (χ1n) is 6.06. The molecule has 0 aliphatic heterocycles. The molecule has 1 unspecified atom stereocenters. The number of halogens is 3. The Morgan fingerprint density at radius 2 is 2.00 bits per heavy atom. The molecule has 2 aromatic carbocycles. The Balaban J connectivity index is 2.27. The maximum Gasteiger partial charge on any atom is 0.142 e. The third-order valence-electron chi connectivity index (χ3n) is 2.96. The fraction of sp³-hybridized carbons (Fsp3) is 0.200. The van der Waals surface area contributed by atoms with Crippen LogP contribution in [0.15, 0.2) is 40.9 Å². The van der Waals surface area contributed by atoms with Gasteiger partial charge in [-0.25, -0.2) is 4.39 Å². The zero-order valence-electron chi connectivity index (χ0n) is 11.1. The number of hydrogen-bond acceptors (Lipinski definition) is 2. The maximum absolute atomic E-state index is 13.9. The summed E-state index contributed by atoms with van der Waals surface area (Å²) in [6.45, 7) is 1.88. The van der Waals surface area contributed by atoms with Gasteiger partial charge < -0.3 is 10.1 Å². The molecule has 0 bridgehead atoms. The molecule has 0 amide bonds. The highest BCUT2D eigenvalue weighted by atomic mass is 79.9. The molecule has 0 aliphatic rings. The van der Waals surface area contributed by atoms with Crippen LogP contribution in [-0.4, -0.2) is 7.11 Å². The van der Waals surface area contributed by atoms with Crippen molar-refractivity contribution in [1.29, 1.82) is 0 Å². The first-order chi connectivity index (χ1) is 9.51. The van der Waals surface area contributed by atoms with Crippen molar-refractivity contribution in [3.05, 3.63) is 57.3 Å². The van der Waals surface area contributed by atoms with Crippen molar-refractivity contribution >= 4 is 33.2 Å². The topological polar surface area (TPSA) is 21.3 Å². The Kier molecular flexibility index (Phi) is 4.89. The molecule has 20 heavy (non-hydrogen) atoms. The van der Waals surface area contributed by atoms with Crippen LogP contribution in [0.3, 0.4) is 0 Å². The van der Waals surface area contributed by atoms with Crippen molar-refractivity contribution in [2.24, 2.45) is 0 Å². The molecule has 0 fully saturated rings. The van der Waals surface area contributed by atoms with Crippen LogP contribution in [0.4, 0.5) is 10.1 Å². The normalized spacial score (nSPS) is 12.1. The minimum Gasteiger partial charge on any atom is -0.495 e. The van der Waals surface area contributed by atoms with Crippen molar-refractivity contribution in [3.63, 3.8) is 0 Å². The van der Waals surface area contributed by atoms with E-state index in [1.807, 2.05) is 13.0 Å². The van der Waals surface area contributed by atoms with Crippen LogP contribution in [0.25, 0.3) is 0 Å². The number of benzene rings is 2. The lowest BCUT2D eigenvalue weighted by Gasteiger charge is -2.18. The Labute approximate surface area is 131 Å². The van der Waals surface area contributed by atoms with Crippen LogP contribution in [0.5, 0.6) is 5.75 Å². The summed E-state index contributed by atoms with van der Waals surface area (Å²) < 4.78 is 19.9. The molecule has 5 heteroatoms. The summed E-state index contributed by atoms with van der Waals surface area (Å²) in [5, 5.41) is 3.81. The van der Waals surface area contributed by atoms with Gasteiger partial charge in [-0.2, -0.15) is 0 Å². The van der Waals surface area contributed by atoms with Crippen LogP contribution in [-0.2, 0) is 0 Å². The molecule has 2 aromatic rings. The lowest BCUT2D eigenvalue weighted by atomic mass is 10.1. The number of ether oxygens (including phenoxy) is 1. The monoisotopic (exact) mass is 357 g/mol. The van der Waals surface area contributed by atoms with Gasteiger partial charge in [0.2, 0.25) is 0 Å². The number of anilines is 1. The van der Waals surface area contributed by atoms with E-state index in [4.69, 9.17) is 16.3 Å². The molecule has 0 saturated carbocycles. The summed E-state index contributed by atoms with van der Waals surface area (Å²) in [7, 11) is 1.58. The summed E-state index contributed by atoms with van der Waals surface area (Å²) in [5.41, 5.74) is 1.31. The Bertz CT molecular complexity index is 621. The van der Waals surface area contributed by atoms with E-state index in [0.717, 1.165) is 5.69 Å². The fourth-order valence-electron chi connectivity index (χ4n) is 1.96. The van der Waals surface area contributed by atoms with Crippen LogP contribution in [0.1, 0.15) is 18.5 Å². The van der Waals surface area contributed by atoms with E-state index >= 15 is 0 Å². The largest absolute Gasteiger partial charge is 0.495 e. The molecular weight excluding hydrogens is 345 g/mol. The second-order valence-electron chi connectivity index (χ2n) is 4.38. The van der Waals surface area contributed by atoms with Gasteiger partial charge in [-0.05, 0) is 37.3 Å². The second-order valence-corrected chi connectivity index (χ2v) is 5.73. The average molecular weight is 359 g/mol. The highest BCUT2D eigenvalue weighted by molar-refractivity contribution is 9.10. The Morgan fingerprint density at radius 1 is 1.25 bits per heavy atom. The van der Waals surface area contributed by atoms with E-state index in [1.165, 1.54) is 6.07 Å². The van der Waals surface area contributed by atoms with Gasteiger partial charge in [-0.3, -0.25) is 0 Å². The van der Waals surface area contributed by atoms with E-state index in [-0.39, 0.29) is 11.9 Å². The lowest BCUT2D eigenvalue weighted by molar-refractivity contribution is 0.416. The summed E-state index contributed by atoms with van der Waals surface area (Å²) >= 11 is 9.23. The zero-order chi connectivity index (χ0) is 14.7. The molecule has 2 nitrogen and oxygen atoms in total. The minimum atomic E-state index is -0.264. The summed E-state index contributed by atoms with van der Waals surface area (Å²) in [4.78, 5) is 0. The van der Waals surface area contributed by atoms with Gasteiger partial charge in [-0.1, -0.05) is 33.6 Å². The first kappa shape index (κ1) is 15.1. The van der Waals surface area contributed by atoms with Crippen molar-refractivity contribution < 1.29 is 9.13 Å². The van der Waals surface area contributed by atoms with Gasteiger partial charge >= 0.3 is 0 Å². The summed E-state index contributed by atoms with van der Waals surface area (Å²) in [6.07, 6.45) is 0. The molecule has 0 heterocycles. The molecule has 0 saturated heterocycles. The first-order valence-corrected chi connectivity index (χ1v) is 7.23. The predicted octanol–water partition coefficient (Wildman–Crippen LogP) is 5.42. The number of hydrogen-bond donors (Lipinski definition) is 1.